The third-order valence-electron chi connectivity index (χ3n) is 4.11. The maximum Gasteiger partial charge on any atom is 0.124 e. The van der Waals surface area contributed by atoms with Crippen LogP contribution in [0.4, 0.5) is 5.69 Å². The fourth-order valence-electron chi connectivity index (χ4n) is 3.06. The summed E-state index contributed by atoms with van der Waals surface area (Å²) in [5.41, 5.74) is 5.14. The molecule has 1 aliphatic heterocycles. The summed E-state index contributed by atoms with van der Waals surface area (Å²) >= 11 is 6.16. The highest BCUT2D eigenvalue weighted by Gasteiger charge is 2.27. The van der Waals surface area contributed by atoms with Crippen molar-refractivity contribution >= 4 is 17.3 Å². The summed E-state index contributed by atoms with van der Waals surface area (Å²) in [6, 6.07) is 12.6. The Bertz CT molecular complexity index is 666. The van der Waals surface area contributed by atoms with E-state index < -0.39 is 0 Å². The van der Waals surface area contributed by atoms with Crippen molar-refractivity contribution in [3.8, 4) is 5.75 Å². The van der Waals surface area contributed by atoms with Gasteiger partial charge in [-0.15, -0.1) is 0 Å². The molecule has 0 aromatic heterocycles. The van der Waals surface area contributed by atoms with Gasteiger partial charge in [-0.2, -0.15) is 0 Å². The van der Waals surface area contributed by atoms with Crippen LogP contribution in [0.5, 0.6) is 5.75 Å². The normalized spacial score (nSPS) is 16.7. The predicted molar refractivity (Wildman–Crippen MR) is 88.6 cm³/mol. The topological polar surface area (TPSA) is 21.3 Å². The van der Waals surface area contributed by atoms with Crippen LogP contribution < -0.4 is 10.1 Å². The molecule has 3 heteroatoms. The Balaban J connectivity index is 1.98. The van der Waals surface area contributed by atoms with Crippen LogP contribution in [-0.2, 0) is 6.42 Å². The van der Waals surface area contributed by atoms with Crippen LogP contribution in [0.1, 0.15) is 42.5 Å². The van der Waals surface area contributed by atoms with Gasteiger partial charge in [-0.25, -0.2) is 0 Å². The van der Waals surface area contributed by atoms with E-state index in [2.05, 4.69) is 37.4 Å². The number of hydrogen-bond acceptors (Lipinski definition) is 2. The molecule has 0 radical (unpaired) electrons. The molecule has 0 aliphatic carbocycles. The van der Waals surface area contributed by atoms with E-state index in [1.165, 1.54) is 16.8 Å². The van der Waals surface area contributed by atoms with Crippen molar-refractivity contribution in [2.75, 3.05) is 12.4 Å². The third-order valence-corrected chi connectivity index (χ3v) is 4.35. The molecule has 110 valence electrons. The van der Waals surface area contributed by atoms with Crippen molar-refractivity contribution in [2.45, 2.75) is 32.2 Å². The molecule has 2 nitrogen and oxygen atoms in total. The van der Waals surface area contributed by atoms with E-state index >= 15 is 0 Å². The number of benzene rings is 2. The summed E-state index contributed by atoms with van der Waals surface area (Å²) in [6.07, 6.45) is 0.965. The molecule has 3 rings (SSSR count). The van der Waals surface area contributed by atoms with Crippen LogP contribution >= 0.6 is 11.6 Å². The molecule has 0 fully saturated rings. The van der Waals surface area contributed by atoms with Gasteiger partial charge in [-0.1, -0.05) is 43.6 Å². The molecule has 1 atom stereocenters. The Labute approximate surface area is 131 Å². The molecule has 1 unspecified atom stereocenters. The summed E-state index contributed by atoms with van der Waals surface area (Å²) in [7, 11) is 1.70. The number of halogens is 1. The summed E-state index contributed by atoms with van der Waals surface area (Å²) in [5.74, 6) is 1.39. The summed E-state index contributed by atoms with van der Waals surface area (Å²) in [6.45, 7) is 4.45. The average molecular weight is 302 g/mol. The number of hydrogen-bond donors (Lipinski definition) is 1. The highest BCUT2D eigenvalue weighted by atomic mass is 35.5. The van der Waals surface area contributed by atoms with Gasteiger partial charge >= 0.3 is 0 Å². The second-order valence-corrected chi connectivity index (χ2v) is 6.26. The number of para-hydroxylation sites is 1. The molecule has 21 heavy (non-hydrogen) atoms. The van der Waals surface area contributed by atoms with Crippen molar-refractivity contribution in [2.24, 2.45) is 0 Å². The molecule has 1 aliphatic rings. The van der Waals surface area contributed by atoms with Gasteiger partial charge in [0.2, 0.25) is 0 Å². The molecule has 1 heterocycles. The van der Waals surface area contributed by atoms with Gasteiger partial charge in [0.05, 0.1) is 13.2 Å². The van der Waals surface area contributed by atoms with Crippen molar-refractivity contribution in [3.63, 3.8) is 0 Å². The Morgan fingerprint density at radius 1 is 1.24 bits per heavy atom. The highest BCUT2D eigenvalue weighted by molar-refractivity contribution is 6.30. The zero-order valence-electron chi connectivity index (χ0n) is 12.6. The van der Waals surface area contributed by atoms with Gasteiger partial charge in [0, 0.05) is 16.3 Å². The van der Waals surface area contributed by atoms with E-state index in [4.69, 9.17) is 16.3 Å². The van der Waals surface area contributed by atoms with E-state index in [-0.39, 0.29) is 6.04 Å². The molecule has 0 bridgehead atoms. The van der Waals surface area contributed by atoms with Crippen LogP contribution in [0.3, 0.4) is 0 Å². The van der Waals surface area contributed by atoms with Gasteiger partial charge < -0.3 is 10.1 Å². The lowest BCUT2D eigenvalue weighted by Crippen LogP contribution is -2.08. The monoisotopic (exact) mass is 301 g/mol. The maximum atomic E-state index is 6.16. The van der Waals surface area contributed by atoms with Gasteiger partial charge in [0.1, 0.15) is 5.75 Å². The number of nitrogens with one attached hydrogen (secondary N) is 1. The average Bonchev–Trinajstić information content (AvgIpc) is 2.90. The Morgan fingerprint density at radius 2 is 2.05 bits per heavy atom. The predicted octanol–water partition coefficient (Wildman–Crippen LogP) is 5.18. The molecular weight excluding hydrogens is 282 g/mol. The van der Waals surface area contributed by atoms with E-state index in [0.29, 0.717) is 5.92 Å². The maximum absolute atomic E-state index is 6.16. The Kier molecular flexibility index (Phi) is 3.81. The zero-order valence-corrected chi connectivity index (χ0v) is 13.4. The van der Waals surface area contributed by atoms with Gasteiger partial charge in [0.15, 0.2) is 0 Å². The lowest BCUT2D eigenvalue weighted by molar-refractivity contribution is 0.407. The van der Waals surface area contributed by atoms with E-state index in [1.807, 2.05) is 18.2 Å². The summed E-state index contributed by atoms with van der Waals surface area (Å²) in [4.78, 5) is 0. The zero-order chi connectivity index (χ0) is 15.0. The minimum Gasteiger partial charge on any atom is -0.496 e. The van der Waals surface area contributed by atoms with Crippen LogP contribution in [0.25, 0.3) is 0 Å². The number of ether oxygens (including phenoxy) is 1. The number of fused-ring (bicyclic) bond motifs is 1. The number of methoxy groups -OCH3 is 1. The molecule has 2 aromatic rings. The Hall–Kier alpha value is -1.67. The lowest BCUT2D eigenvalue weighted by Gasteiger charge is -2.17. The summed E-state index contributed by atoms with van der Waals surface area (Å²) < 4.78 is 5.49. The van der Waals surface area contributed by atoms with E-state index in [1.54, 1.807) is 7.11 Å². The first-order valence-corrected chi connectivity index (χ1v) is 7.69. The summed E-state index contributed by atoms with van der Waals surface area (Å²) in [5, 5.41) is 4.41. The molecule has 0 amide bonds. The first-order chi connectivity index (χ1) is 10.1. The quantitative estimate of drug-likeness (QED) is 0.843. The SMILES string of the molecule is COc1ccc(Cl)cc1C1Cc2cccc(C(C)C)c2N1. The molecule has 1 N–H and O–H groups in total. The smallest absolute Gasteiger partial charge is 0.124 e. The van der Waals surface area contributed by atoms with Crippen LogP contribution in [0.2, 0.25) is 5.02 Å². The molecule has 0 saturated heterocycles. The third kappa shape index (κ3) is 2.60. The Morgan fingerprint density at radius 3 is 2.76 bits per heavy atom. The van der Waals surface area contributed by atoms with E-state index in [9.17, 15) is 0 Å². The minimum atomic E-state index is 0.216. The van der Waals surface area contributed by atoms with E-state index in [0.717, 1.165) is 22.8 Å². The molecule has 0 saturated carbocycles. The van der Waals surface area contributed by atoms with Gasteiger partial charge in [0.25, 0.3) is 0 Å². The molecular formula is C18H20ClNO. The second-order valence-electron chi connectivity index (χ2n) is 5.82. The van der Waals surface area contributed by atoms with Crippen molar-refractivity contribution in [1.82, 2.24) is 0 Å². The lowest BCUT2D eigenvalue weighted by atomic mass is 9.97. The first kappa shape index (κ1) is 14.3. The number of rotatable bonds is 3. The van der Waals surface area contributed by atoms with Crippen molar-refractivity contribution < 1.29 is 4.74 Å². The fraction of sp³-hybridized carbons (Fsp3) is 0.333. The first-order valence-electron chi connectivity index (χ1n) is 7.32. The van der Waals surface area contributed by atoms with Gasteiger partial charge in [-0.05, 0) is 41.7 Å². The molecule has 0 spiro atoms. The highest BCUT2D eigenvalue weighted by Crippen LogP contribution is 2.41. The van der Waals surface area contributed by atoms with Crippen LogP contribution in [0.15, 0.2) is 36.4 Å². The van der Waals surface area contributed by atoms with Crippen molar-refractivity contribution in [3.05, 3.63) is 58.1 Å². The fourth-order valence-corrected chi connectivity index (χ4v) is 3.24. The largest absolute Gasteiger partial charge is 0.496 e. The van der Waals surface area contributed by atoms with Crippen molar-refractivity contribution in [1.29, 1.82) is 0 Å². The number of anilines is 1. The standard InChI is InChI=1S/C18H20ClNO/c1-11(2)14-6-4-5-12-9-16(20-18(12)14)15-10-13(19)7-8-17(15)21-3/h4-8,10-11,16,20H,9H2,1-3H3. The van der Waals surface area contributed by atoms with Gasteiger partial charge in [-0.3, -0.25) is 0 Å². The second kappa shape index (κ2) is 5.61. The minimum absolute atomic E-state index is 0.216. The molecule has 2 aromatic carbocycles. The van der Waals surface area contributed by atoms with Crippen LogP contribution in [0, 0.1) is 0 Å². The van der Waals surface area contributed by atoms with Crippen LogP contribution in [-0.4, -0.2) is 7.11 Å².